The lowest BCUT2D eigenvalue weighted by atomic mass is 9.46. The summed E-state index contributed by atoms with van der Waals surface area (Å²) in [5, 5.41) is 0. The molecule has 5 aliphatic rings. The summed E-state index contributed by atoms with van der Waals surface area (Å²) >= 11 is 0. The van der Waals surface area contributed by atoms with E-state index in [1.165, 1.54) is 44.9 Å². The molecule has 0 amide bonds. The number of rotatable bonds is 5. The number of allylic oxidation sites excluding steroid dienone is 1. The van der Waals surface area contributed by atoms with Gasteiger partial charge in [-0.1, -0.05) is 47.5 Å². The van der Waals surface area contributed by atoms with Gasteiger partial charge in [0, 0.05) is 18.4 Å². The molecule has 2 nitrogen and oxygen atoms in total. The predicted molar refractivity (Wildman–Crippen MR) is 125 cm³/mol. The van der Waals surface area contributed by atoms with Crippen molar-refractivity contribution in [2.75, 3.05) is 0 Å². The van der Waals surface area contributed by atoms with Crippen LogP contribution in [0.15, 0.2) is 11.6 Å². The maximum absolute atomic E-state index is 13.2. The zero-order chi connectivity index (χ0) is 22.1. The van der Waals surface area contributed by atoms with E-state index in [4.69, 9.17) is 0 Å². The molecular weight excluding hydrogens is 380 g/mol. The first-order valence-corrected chi connectivity index (χ1v) is 13.4. The molecule has 4 fully saturated rings. The minimum absolute atomic E-state index is 0.0463. The largest absolute Gasteiger partial charge is 0.295 e. The van der Waals surface area contributed by atoms with Gasteiger partial charge in [0.1, 0.15) is 0 Å². The maximum atomic E-state index is 13.2. The van der Waals surface area contributed by atoms with E-state index < -0.39 is 0 Å². The van der Waals surface area contributed by atoms with Gasteiger partial charge >= 0.3 is 0 Å². The lowest BCUT2D eigenvalue weighted by Crippen LogP contribution is -2.53. The Kier molecular flexibility index (Phi) is 5.34. The molecule has 0 N–H and O–H groups in total. The highest BCUT2D eigenvalue weighted by atomic mass is 16.1. The summed E-state index contributed by atoms with van der Waals surface area (Å²) in [5.41, 5.74) is 1.26. The van der Waals surface area contributed by atoms with Crippen molar-refractivity contribution in [1.82, 2.24) is 0 Å². The Balaban J connectivity index is 1.31. The van der Waals surface area contributed by atoms with E-state index >= 15 is 0 Å². The molecule has 0 saturated heterocycles. The molecule has 0 spiro atoms. The van der Waals surface area contributed by atoms with E-state index in [1.807, 2.05) is 0 Å². The second-order valence-corrected chi connectivity index (χ2v) is 13.1. The lowest BCUT2D eigenvalue weighted by Gasteiger charge is -2.57. The molecule has 0 unspecified atom stereocenters. The summed E-state index contributed by atoms with van der Waals surface area (Å²) in [6.45, 7) is 12.4. The van der Waals surface area contributed by atoms with Gasteiger partial charge < -0.3 is 0 Å². The van der Waals surface area contributed by atoms with E-state index in [9.17, 15) is 9.59 Å². The van der Waals surface area contributed by atoms with Crippen LogP contribution in [-0.4, -0.2) is 11.6 Å². The van der Waals surface area contributed by atoms with Crippen molar-refractivity contribution < 1.29 is 9.59 Å². The first-order valence-electron chi connectivity index (χ1n) is 13.4. The molecule has 4 saturated carbocycles. The standard InChI is InChI=1S/C29H44O2/c1-17(21-14-19(21)3)6-7-18(2)23-8-9-24-22-16-27(31)26-15-20(30)10-12-29(26,5)25(22)11-13-28(23,24)4/h15,17-19,21-25H,6-14,16H2,1-5H3/t17-,18-,19-,21+,22+,23-,24+,25+,28-,29-/m1/s1. The topological polar surface area (TPSA) is 34.1 Å². The van der Waals surface area contributed by atoms with Gasteiger partial charge in [0.05, 0.1) is 0 Å². The Morgan fingerprint density at radius 2 is 1.71 bits per heavy atom. The van der Waals surface area contributed by atoms with Crippen LogP contribution in [0, 0.1) is 58.2 Å². The Bertz CT molecular complexity index is 795. The average molecular weight is 425 g/mol. The highest BCUT2D eigenvalue weighted by Crippen LogP contribution is 2.67. The number of carbonyl (C=O) groups is 2. The van der Waals surface area contributed by atoms with Crippen molar-refractivity contribution in [3.63, 3.8) is 0 Å². The van der Waals surface area contributed by atoms with E-state index in [2.05, 4.69) is 34.6 Å². The molecule has 0 aromatic heterocycles. The Morgan fingerprint density at radius 3 is 2.42 bits per heavy atom. The lowest BCUT2D eigenvalue weighted by molar-refractivity contribution is -0.131. The Labute approximate surface area is 190 Å². The fraction of sp³-hybridized carbons (Fsp3) is 0.862. The Morgan fingerprint density at radius 1 is 1.00 bits per heavy atom. The fourth-order valence-electron chi connectivity index (χ4n) is 9.45. The minimum Gasteiger partial charge on any atom is -0.295 e. The van der Waals surface area contributed by atoms with Gasteiger partial charge in [-0.2, -0.15) is 0 Å². The van der Waals surface area contributed by atoms with E-state index in [0.717, 1.165) is 41.6 Å². The summed E-state index contributed by atoms with van der Waals surface area (Å²) in [4.78, 5) is 25.3. The van der Waals surface area contributed by atoms with Gasteiger partial charge in [-0.3, -0.25) is 9.59 Å². The third-order valence-corrected chi connectivity index (χ3v) is 11.5. The minimum atomic E-state index is -0.0463. The van der Waals surface area contributed by atoms with Gasteiger partial charge in [-0.15, -0.1) is 0 Å². The number of hydrogen-bond acceptors (Lipinski definition) is 2. The van der Waals surface area contributed by atoms with Crippen LogP contribution in [-0.2, 0) is 9.59 Å². The summed E-state index contributed by atoms with van der Waals surface area (Å²) in [7, 11) is 0. The van der Waals surface area contributed by atoms with Crippen LogP contribution in [0.1, 0.15) is 98.8 Å². The normalized spacial score (nSPS) is 48.4. The number of fused-ring (bicyclic) bond motifs is 5. The number of carbonyl (C=O) groups excluding carboxylic acids is 2. The monoisotopic (exact) mass is 424 g/mol. The zero-order valence-corrected chi connectivity index (χ0v) is 20.6. The molecule has 0 aliphatic heterocycles. The van der Waals surface area contributed by atoms with Crippen LogP contribution in [0.25, 0.3) is 0 Å². The smallest absolute Gasteiger partial charge is 0.159 e. The second-order valence-electron chi connectivity index (χ2n) is 13.1. The zero-order valence-electron chi connectivity index (χ0n) is 20.6. The Hall–Kier alpha value is -0.920. The van der Waals surface area contributed by atoms with Crippen LogP contribution in [0.2, 0.25) is 0 Å². The van der Waals surface area contributed by atoms with Gasteiger partial charge in [-0.25, -0.2) is 0 Å². The van der Waals surface area contributed by atoms with Crippen LogP contribution < -0.4 is 0 Å². The molecule has 172 valence electrons. The molecule has 0 aromatic rings. The molecule has 5 aliphatic carbocycles. The highest BCUT2D eigenvalue weighted by molar-refractivity contribution is 6.05. The van der Waals surface area contributed by atoms with Crippen molar-refractivity contribution in [3.8, 4) is 0 Å². The fourth-order valence-corrected chi connectivity index (χ4v) is 9.45. The molecular formula is C29H44O2. The van der Waals surface area contributed by atoms with Gasteiger partial charge in [0.2, 0.25) is 0 Å². The second kappa shape index (κ2) is 7.56. The maximum Gasteiger partial charge on any atom is 0.159 e. The van der Waals surface area contributed by atoms with Crippen molar-refractivity contribution in [1.29, 1.82) is 0 Å². The number of ketones is 2. The van der Waals surface area contributed by atoms with Crippen LogP contribution >= 0.6 is 0 Å². The van der Waals surface area contributed by atoms with E-state index in [1.54, 1.807) is 6.08 Å². The van der Waals surface area contributed by atoms with Crippen molar-refractivity contribution in [2.45, 2.75) is 98.8 Å². The predicted octanol–water partition coefficient (Wildman–Crippen LogP) is 7.02. The first kappa shape index (κ1) is 21.9. The van der Waals surface area contributed by atoms with Crippen molar-refractivity contribution in [2.24, 2.45) is 58.2 Å². The summed E-state index contributed by atoms with van der Waals surface area (Å²) < 4.78 is 0. The number of hydrogen-bond donors (Lipinski definition) is 0. The molecule has 2 heteroatoms. The average Bonchev–Trinajstić information content (AvgIpc) is 3.34. The summed E-state index contributed by atoms with van der Waals surface area (Å²) in [5.74, 6) is 6.82. The molecule has 0 bridgehead atoms. The summed E-state index contributed by atoms with van der Waals surface area (Å²) in [6, 6.07) is 0. The van der Waals surface area contributed by atoms with Crippen LogP contribution in [0.5, 0.6) is 0 Å². The third-order valence-electron chi connectivity index (χ3n) is 11.5. The first-order chi connectivity index (χ1) is 14.6. The van der Waals surface area contributed by atoms with E-state index in [0.29, 0.717) is 41.8 Å². The number of Topliss-reactive ketones (excluding diaryl/α,β-unsaturated/α-hetero) is 1. The molecule has 0 aromatic carbocycles. The molecule has 10 atom stereocenters. The molecule has 31 heavy (non-hydrogen) atoms. The quantitative estimate of drug-likeness (QED) is 0.475. The van der Waals surface area contributed by atoms with Gasteiger partial charge in [-0.05, 0) is 103 Å². The van der Waals surface area contributed by atoms with Gasteiger partial charge in [0.25, 0.3) is 0 Å². The van der Waals surface area contributed by atoms with Gasteiger partial charge in [0.15, 0.2) is 11.6 Å². The van der Waals surface area contributed by atoms with Crippen LogP contribution in [0.4, 0.5) is 0 Å². The van der Waals surface area contributed by atoms with E-state index in [-0.39, 0.29) is 11.2 Å². The molecule has 0 radical (unpaired) electrons. The molecule has 5 rings (SSSR count). The molecule has 0 heterocycles. The van der Waals surface area contributed by atoms with Crippen LogP contribution in [0.3, 0.4) is 0 Å². The summed E-state index contributed by atoms with van der Waals surface area (Å²) in [6.07, 6.45) is 13.5. The third kappa shape index (κ3) is 3.41. The highest BCUT2D eigenvalue weighted by Gasteiger charge is 2.61. The van der Waals surface area contributed by atoms with Crippen molar-refractivity contribution >= 4 is 11.6 Å². The van der Waals surface area contributed by atoms with Crippen molar-refractivity contribution in [3.05, 3.63) is 11.6 Å². The SMILES string of the molecule is C[C@H](CC[C@@H](C)[C@H]1CC[C@H]2[C@@H]3CC(=O)C4=CC(=O)CC[C@]4(C)[C@H]3CC[C@]12C)[C@@H]1C[C@H]1C.